The molecule has 1 fully saturated rings. The lowest BCUT2D eigenvalue weighted by atomic mass is 9.91. The summed E-state index contributed by atoms with van der Waals surface area (Å²) in [6, 6.07) is 5.86. The van der Waals surface area contributed by atoms with Crippen LogP contribution in [0.25, 0.3) is 0 Å². The maximum atomic E-state index is 12.7. The first-order valence-corrected chi connectivity index (χ1v) is 5.78. The quantitative estimate of drug-likeness (QED) is 0.851. The van der Waals surface area contributed by atoms with Crippen LogP contribution in [0.3, 0.4) is 0 Å². The fourth-order valence-corrected chi connectivity index (χ4v) is 2.13. The lowest BCUT2D eigenvalue weighted by Crippen LogP contribution is -2.18. The molecule has 2 rings (SSSR count). The number of hydrogen-bond acceptors (Lipinski definition) is 2. The second-order valence-electron chi connectivity index (χ2n) is 4.25. The van der Waals surface area contributed by atoms with Crippen molar-refractivity contribution < 1.29 is 9.18 Å². The molecular weight excluding hydrogens is 285 g/mol. The molecule has 1 atom stereocenters. The summed E-state index contributed by atoms with van der Waals surface area (Å²) in [5.41, 5.74) is 0.633. The standard InChI is InChI=1S/C13H16FNO.BrH/c14-12-5-3-11(4-6-12)13(16)10-2-1-8-15-9-7-10;/h3-6,10,15H,1-2,7-9H2;1H. The molecule has 1 aromatic carbocycles. The molecule has 2 nitrogen and oxygen atoms in total. The average Bonchev–Trinajstić information content (AvgIpc) is 2.57. The highest BCUT2D eigenvalue weighted by Gasteiger charge is 2.20. The average molecular weight is 302 g/mol. The highest BCUT2D eigenvalue weighted by molar-refractivity contribution is 8.93. The first kappa shape index (κ1) is 14.3. The van der Waals surface area contributed by atoms with Crippen molar-refractivity contribution in [2.24, 2.45) is 5.92 Å². The van der Waals surface area contributed by atoms with E-state index in [1.54, 1.807) is 12.1 Å². The van der Waals surface area contributed by atoms with E-state index >= 15 is 0 Å². The van der Waals surface area contributed by atoms with Crippen LogP contribution in [0.4, 0.5) is 4.39 Å². The first-order chi connectivity index (χ1) is 7.77. The Morgan fingerprint density at radius 1 is 1.18 bits per heavy atom. The van der Waals surface area contributed by atoms with Gasteiger partial charge in [-0.15, -0.1) is 17.0 Å². The molecule has 94 valence electrons. The van der Waals surface area contributed by atoms with Gasteiger partial charge in [0.05, 0.1) is 0 Å². The Labute approximate surface area is 111 Å². The Morgan fingerprint density at radius 3 is 2.59 bits per heavy atom. The molecule has 0 bridgehead atoms. The summed E-state index contributed by atoms with van der Waals surface area (Å²) in [4.78, 5) is 12.1. The number of carbonyl (C=O) groups excluding carboxylic acids is 1. The Bertz CT molecular complexity index is 358. The van der Waals surface area contributed by atoms with E-state index < -0.39 is 0 Å². The molecule has 1 saturated heterocycles. The van der Waals surface area contributed by atoms with E-state index in [0.29, 0.717) is 5.56 Å². The van der Waals surface area contributed by atoms with Gasteiger partial charge < -0.3 is 5.32 Å². The van der Waals surface area contributed by atoms with Gasteiger partial charge in [-0.25, -0.2) is 4.39 Å². The normalized spacial score (nSPS) is 20.2. The van der Waals surface area contributed by atoms with Crippen LogP contribution in [0.5, 0.6) is 0 Å². The smallest absolute Gasteiger partial charge is 0.165 e. The third-order valence-corrected chi connectivity index (χ3v) is 3.08. The molecule has 1 heterocycles. The summed E-state index contributed by atoms with van der Waals surface area (Å²) < 4.78 is 12.7. The van der Waals surface area contributed by atoms with Crippen LogP contribution < -0.4 is 5.32 Å². The van der Waals surface area contributed by atoms with E-state index in [1.165, 1.54) is 12.1 Å². The van der Waals surface area contributed by atoms with E-state index in [4.69, 9.17) is 0 Å². The highest BCUT2D eigenvalue weighted by Crippen LogP contribution is 2.19. The minimum Gasteiger partial charge on any atom is -0.317 e. The number of halogens is 2. The molecule has 1 aromatic rings. The molecule has 0 radical (unpaired) electrons. The number of benzene rings is 1. The van der Waals surface area contributed by atoms with Gasteiger partial charge in [-0.2, -0.15) is 0 Å². The summed E-state index contributed by atoms with van der Waals surface area (Å²) >= 11 is 0. The molecule has 1 unspecified atom stereocenters. The van der Waals surface area contributed by atoms with Crippen molar-refractivity contribution in [3.8, 4) is 0 Å². The van der Waals surface area contributed by atoms with Gasteiger partial charge in [0.15, 0.2) is 5.78 Å². The molecule has 0 aliphatic carbocycles. The fraction of sp³-hybridized carbons (Fsp3) is 0.462. The Morgan fingerprint density at radius 2 is 1.88 bits per heavy atom. The van der Waals surface area contributed by atoms with E-state index in [9.17, 15) is 9.18 Å². The van der Waals surface area contributed by atoms with Crippen molar-refractivity contribution in [1.29, 1.82) is 0 Å². The van der Waals surface area contributed by atoms with Crippen LogP contribution in [0.1, 0.15) is 29.6 Å². The van der Waals surface area contributed by atoms with Gasteiger partial charge in [0.25, 0.3) is 0 Å². The molecule has 0 amide bonds. The van der Waals surface area contributed by atoms with Crippen LogP contribution in [0.2, 0.25) is 0 Å². The Balaban J connectivity index is 0.00000144. The monoisotopic (exact) mass is 301 g/mol. The van der Waals surface area contributed by atoms with E-state index in [2.05, 4.69) is 5.32 Å². The van der Waals surface area contributed by atoms with Crippen molar-refractivity contribution in [3.63, 3.8) is 0 Å². The number of ketones is 1. The fourth-order valence-electron chi connectivity index (χ4n) is 2.13. The minimum absolute atomic E-state index is 0. The van der Waals surface area contributed by atoms with Gasteiger partial charge in [-0.3, -0.25) is 4.79 Å². The molecule has 0 spiro atoms. The molecular formula is C13H17BrFNO. The van der Waals surface area contributed by atoms with Gasteiger partial charge in [0.1, 0.15) is 5.82 Å². The highest BCUT2D eigenvalue weighted by atomic mass is 79.9. The summed E-state index contributed by atoms with van der Waals surface area (Å²) in [5, 5.41) is 3.28. The number of carbonyl (C=O) groups is 1. The van der Waals surface area contributed by atoms with E-state index in [-0.39, 0.29) is 34.5 Å². The molecule has 1 aliphatic heterocycles. The van der Waals surface area contributed by atoms with Crippen molar-refractivity contribution in [2.75, 3.05) is 13.1 Å². The van der Waals surface area contributed by atoms with Crippen LogP contribution in [0, 0.1) is 11.7 Å². The number of Topliss-reactive ketones (excluding diaryl/α,β-unsaturated/α-hetero) is 1. The maximum Gasteiger partial charge on any atom is 0.165 e. The number of rotatable bonds is 2. The molecule has 0 aromatic heterocycles. The second-order valence-corrected chi connectivity index (χ2v) is 4.25. The third-order valence-electron chi connectivity index (χ3n) is 3.08. The van der Waals surface area contributed by atoms with Crippen molar-refractivity contribution >= 4 is 22.8 Å². The lowest BCUT2D eigenvalue weighted by Gasteiger charge is -2.12. The van der Waals surface area contributed by atoms with E-state index in [0.717, 1.165) is 32.4 Å². The summed E-state index contributed by atoms with van der Waals surface area (Å²) in [5.74, 6) is -0.0387. The summed E-state index contributed by atoms with van der Waals surface area (Å²) in [6.07, 6.45) is 2.86. The van der Waals surface area contributed by atoms with Crippen LogP contribution in [0.15, 0.2) is 24.3 Å². The summed E-state index contributed by atoms with van der Waals surface area (Å²) in [6.45, 7) is 1.89. The number of nitrogens with one attached hydrogen (secondary N) is 1. The van der Waals surface area contributed by atoms with Crippen molar-refractivity contribution in [1.82, 2.24) is 5.32 Å². The van der Waals surface area contributed by atoms with Gasteiger partial charge in [-0.05, 0) is 56.6 Å². The zero-order valence-electron chi connectivity index (χ0n) is 9.62. The second kappa shape index (κ2) is 6.87. The molecule has 1 aliphatic rings. The predicted molar refractivity (Wildman–Crippen MR) is 71.3 cm³/mol. The zero-order chi connectivity index (χ0) is 11.4. The van der Waals surface area contributed by atoms with Gasteiger partial charge in [0, 0.05) is 11.5 Å². The van der Waals surface area contributed by atoms with Gasteiger partial charge in [-0.1, -0.05) is 0 Å². The van der Waals surface area contributed by atoms with Crippen LogP contribution >= 0.6 is 17.0 Å². The maximum absolute atomic E-state index is 12.7. The van der Waals surface area contributed by atoms with Crippen molar-refractivity contribution in [2.45, 2.75) is 19.3 Å². The third kappa shape index (κ3) is 3.89. The summed E-state index contributed by atoms with van der Waals surface area (Å²) in [7, 11) is 0. The molecule has 17 heavy (non-hydrogen) atoms. The molecule has 1 N–H and O–H groups in total. The lowest BCUT2D eigenvalue weighted by molar-refractivity contribution is 0.0910. The Kier molecular flexibility index (Phi) is 5.78. The van der Waals surface area contributed by atoms with E-state index in [1.807, 2.05) is 0 Å². The predicted octanol–water partition coefficient (Wildman–Crippen LogP) is 2.98. The number of hydrogen-bond donors (Lipinski definition) is 1. The van der Waals surface area contributed by atoms with Gasteiger partial charge in [0.2, 0.25) is 0 Å². The largest absolute Gasteiger partial charge is 0.317 e. The SMILES string of the molecule is Br.O=C(c1ccc(F)cc1)C1CCCNCC1. The molecule has 4 heteroatoms. The van der Waals surface area contributed by atoms with Crippen molar-refractivity contribution in [3.05, 3.63) is 35.6 Å². The van der Waals surface area contributed by atoms with Crippen LogP contribution in [-0.2, 0) is 0 Å². The van der Waals surface area contributed by atoms with Crippen LogP contribution in [-0.4, -0.2) is 18.9 Å². The first-order valence-electron chi connectivity index (χ1n) is 5.78. The zero-order valence-corrected chi connectivity index (χ0v) is 11.3. The Hall–Kier alpha value is -0.740. The minimum atomic E-state index is -0.293. The van der Waals surface area contributed by atoms with Gasteiger partial charge >= 0.3 is 0 Å². The molecule has 0 saturated carbocycles. The topological polar surface area (TPSA) is 29.1 Å².